The van der Waals surface area contributed by atoms with E-state index in [-0.39, 0.29) is 9.52 Å². The van der Waals surface area contributed by atoms with E-state index in [1.807, 2.05) is 12.1 Å². The quantitative estimate of drug-likeness (QED) is 0.396. The van der Waals surface area contributed by atoms with Crippen LogP contribution in [0.3, 0.4) is 0 Å². The van der Waals surface area contributed by atoms with Crippen molar-refractivity contribution in [3.63, 3.8) is 0 Å². The van der Waals surface area contributed by atoms with Crippen LogP contribution in [0.15, 0.2) is 43.0 Å². The lowest BCUT2D eigenvalue weighted by atomic mass is 10.3. The molecule has 70 valence electrons. The minimum absolute atomic E-state index is 0.290. The molecule has 0 radical (unpaired) electrons. The highest BCUT2D eigenvalue weighted by atomic mass is 35.5. The Kier molecular flexibility index (Phi) is 4.87. The Morgan fingerprint density at radius 1 is 1.38 bits per heavy atom. The van der Waals surface area contributed by atoms with Crippen LogP contribution in [0.1, 0.15) is 12.8 Å². The molecule has 0 aromatic heterocycles. The third-order valence-corrected chi connectivity index (χ3v) is 4.46. The molecule has 1 unspecified atom stereocenters. The summed E-state index contributed by atoms with van der Waals surface area (Å²) in [5, 5.41) is 1.83. The van der Waals surface area contributed by atoms with Gasteiger partial charge in [0.2, 0.25) is 0 Å². The molecule has 0 nitrogen and oxygen atoms in total. The van der Waals surface area contributed by atoms with Gasteiger partial charge < -0.3 is 0 Å². The van der Waals surface area contributed by atoms with Crippen molar-refractivity contribution in [2.45, 2.75) is 17.8 Å². The van der Waals surface area contributed by atoms with Crippen LogP contribution in [-0.2, 0) is 0 Å². The third kappa shape index (κ3) is 4.30. The summed E-state index contributed by atoms with van der Waals surface area (Å²) in [6, 6.07) is 10.6. The van der Waals surface area contributed by atoms with Gasteiger partial charge in [-0.3, -0.25) is 0 Å². The van der Waals surface area contributed by atoms with Crippen LogP contribution >= 0.6 is 11.6 Å². The van der Waals surface area contributed by atoms with Gasteiger partial charge in [-0.05, 0) is 12.8 Å². The summed E-state index contributed by atoms with van der Waals surface area (Å²) in [5.41, 5.74) is 0. The van der Waals surface area contributed by atoms with Gasteiger partial charge >= 0.3 is 0 Å². The number of hydrogen-bond donors (Lipinski definition) is 0. The molecule has 0 fully saturated rings. The second kappa shape index (κ2) is 6.00. The molecule has 0 heterocycles. The molecule has 0 spiro atoms. The second-order valence-corrected chi connectivity index (χ2v) is 6.50. The molecule has 1 aromatic rings. The van der Waals surface area contributed by atoms with E-state index in [0.29, 0.717) is 5.00 Å². The largest absolute Gasteiger partial charge is 0.127 e. The van der Waals surface area contributed by atoms with Gasteiger partial charge in [-0.1, -0.05) is 41.6 Å². The number of rotatable bonds is 5. The van der Waals surface area contributed by atoms with Crippen LogP contribution in [0.2, 0.25) is 0 Å². The molecular formula is C11H15ClSi. The van der Waals surface area contributed by atoms with E-state index in [1.165, 1.54) is 5.19 Å². The lowest BCUT2D eigenvalue weighted by molar-refractivity contribution is 0.922. The fourth-order valence-corrected chi connectivity index (χ4v) is 3.43. The zero-order valence-electron chi connectivity index (χ0n) is 7.75. The van der Waals surface area contributed by atoms with Crippen LogP contribution in [0.25, 0.3) is 0 Å². The summed E-state index contributed by atoms with van der Waals surface area (Å²) in [4.78, 5) is 0. The Bertz CT molecular complexity index is 246. The monoisotopic (exact) mass is 210 g/mol. The first-order valence-corrected chi connectivity index (χ1v) is 6.58. The first-order chi connectivity index (χ1) is 6.33. The molecule has 1 rings (SSSR count). The molecule has 13 heavy (non-hydrogen) atoms. The Morgan fingerprint density at radius 2 is 2.08 bits per heavy atom. The van der Waals surface area contributed by atoms with E-state index in [1.54, 1.807) is 0 Å². The number of allylic oxidation sites excluding steroid dienone is 1. The third-order valence-electron chi connectivity index (χ3n) is 1.98. The van der Waals surface area contributed by atoms with Crippen molar-refractivity contribution in [3.8, 4) is 0 Å². The van der Waals surface area contributed by atoms with Crippen molar-refractivity contribution in [2.24, 2.45) is 0 Å². The number of benzene rings is 1. The topological polar surface area (TPSA) is 0 Å². The normalized spacial score (nSPS) is 13.3. The maximum atomic E-state index is 6.21. The smallest absolute Gasteiger partial charge is 0.0753 e. The molecule has 0 aliphatic rings. The SMILES string of the molecule is C=CCCC(Cl)[SiH2]c1ccccc1. The van der Waals surface area contributed by atoms with Crippen molar-refractivity contribution >= 4 is 26.3 Å². The van der Waals surface area contributed by atoms with Gasteiger partial charge in [0.25, 0.3) is 0 Å². The Hall–Kier alpha value is -0.533. The van der Waals surface area contributed by atoms with Crippen LogP contribution < -0.4 is 5.19 Å². The fraction of sp³-hybridized carbons (Fsp3) is 0.273. The average molecular weight is 211 g/mol. The van der Waals surface area contributed by atoms with E-state index in [4.69, 9.17) is 11.6 Å². The van der Waals surface area contributed by atoms with Gasteiger partial charge in [-0.2, -0.15) is 0 Å². The average Bonchev–Trinajstić information content (AvgIpc) is 2.16. The molecule has 2 heteroatoms. The lowest BCUT2D eigenvalue weighted by Gasteiger charge is -2.06. The van der Waals surface area contributed by atoms with Gasteiger partial charge in [0.1, 0.15) is 0 Å². The van der Waals surface area contributed by atoms with Gasteiger partial charge in [0.15, 0.2) is 0 Å². The highest BCUT2D eigenvalue weighted by Gasteiger charge is 2.04. The summed E-state index contributed by atoms with van der Waals surface area (Å²) in [6.45, 7) is 3.70. The summed E-state index contributed by atoms with van der Waals surface area (Å²) in [5.74, 6) is 0. The summed E-state index contributed by atoms with van der Waals surface area (Å²) < 4.78 is 0. The minimum atomic E-state index is -0.290. The van der Waals surface area contributed by atoms with E-state index in [2.05, 4.69) is 30.8 Å². The van der Waals surface area contributed by atoms with Crippen LogP contribution in [-0.4, -0.2) is 14.5 Å². The molecule has 0 saturated heterocycles. The minimum Gasteiger partial charge on any atom is -0.127 e. The van der Waals surface area contributed by atoms with E-state index < -0.39 is 0 Å². The maximum Gasteiger partial charge on any atom is 0.0753 e. The summed E-state index contributed by atoms with van der Waals surface area (Å²) >= 11 is 6.21. The maximum absolute atomic E-state index is 6.21. The van der Waals surface area contributed by atoms with Crippen molar-refractivity contribution in [2.75, 3.05) is 0 Å². The molecular weight excluding hydrogens is 196 g/mol. The van der Waals surface area contributed by atoms with Gasteiger partial charge in [0.05, 0.1) is 9.52 Å². The zero-order chi connectivity index (χ0) is 9.52. The highest BCUT2D eigenvalue weighted by Crippen LogP contribution is 2.03. The van der Waals surface area contributed by atoms with Crippen LogP contribution in [0.5, 0.6) is 0 Å². The van der Waals surface area contributed by atoms with Crippen molar-refractivity contribution in [1.82, 2.24) is 0 Å². The molecule has 1 aromatic carbocycles. The summed E-state index contributed by atoms with van der Waals surface area (Å²) in [7, 11) is -0.290. The molecule has 0 N–H and O–H groups in total. The van der Waals surface area contributed by atoms with Gasteiger partial charge in [0, 0.05) is 5.00 Å². The number of halogens is 1. The summed E-state index contributed by atoms with van der Waals surface area (Å²) in [6.07, 6.45) is 4.05. The molecule has 0 aliphatic heterocycles. The highest BCUT2D eigenvalue weighted by molar-refractivity contribution is 6.64. The molecule has 0 amide bonds. The first-order valence-electron chi connectivity index (χ1n) is 4.62. The van der Waals surface area contributed by atoms with Crippen LogP contribution in [0.4, 0.5) is 0 Å². The first kappa shape index (κ1) is 10.5. The van der Waals surface area contributed by atoms with Gasteiger partial charge in [-0.15, -0.1) is 18.2 Å². The lowest BCUT2D eigenvalue weighted by Crippen LogP contribution is -2.23. The standard InChI is InChI=1S/C11H15ClSi/c1-2-3-9-11(12)13-10-7-5-4-6-8-10/h2,4-8,11H,1,3,9,13H2. The van der Waals surface area contributed by atoms with Crippen molar-refractivity contribution in [3.05, 3.63) is 43.0 Å². The van der Waals surface area contributed by atoms with E-state index in [9.17, 15) is 0 Å². The molecule has 0 saturated carbocycles. The Labute approximate surface area is 87.4 Å². The Morgan fingerprint density at radius 3 is 2.69 bits per heavy atom. The molecule has 1 atom stereocenters. The fourth-order valence-electron chi connectivity index (χ4n) is 1.27. The Balaban J connectivity index is 2.36. The predicted octanol–water partition coefficient (Wildman–Crippen LogP) is 2.01. The van der Waals surface area contributed by atoms with Crippen molar-refractivity contribution < 1.29 is 0 Å². The molecule has 0 aliphatic carbocycles. The van der Waals surface area contributed by atoms with Crippen LogP contribution in [0, 0.1) is 0 Å². The number of alkyl halides is 1. The molecule has 0 bridgehead atoms. The second-order valence-electron chi connectivity index (χ2n) is 3.15. The zero-order valence-corrected chi connectivity index (χ0v) is 9.92. The van der Waals surface area contributed by atoms with Crippen molar-refractivity contribution in [1.29, 1.82) is 0 Å². The van der Waals surface area contributed by atoms with E-state index in [0.717, 1.165) is 12.8 Å². The number of hydrogen-bond acceptors (Lipinski definition) is 0. The van der Waals surface area contributed by atoms with Gasteiger partial charge in [-0.25, -0.2) is 0 Å². The van der Waals surface area contributed by atoms with E-state index >= 15 is 0 Å². The predicted molar refractivity (Wildman–Crippen MR) is 63.7 cm³/mol.